The highest BCUT2D eigenvalue weighted by atomic mass is 16.5. The first-order chi connectivity index (χ1) is 5.16. The van der Waals surface area contributed by atoms with Crippen molar-refractivity contribution in [2.75, 3.05) is 6.61 Å². The van der Waals surface area contributed by atoms with Crippen molar-refractivity contribution < 1.29 is 19.7 Å². The minimum Gasteiger partial charge on any atom is -0.462 e. The van der Waals surface area contributed by atoms with Crippen LogP contribution in [0.1, 0.15) is 13.3 Å². The van der Waals surface area contributed by atoms with E-state index in [2.05, 4.69) is 4.74 Å². The average Bonchev–Trinajstić information content (AvgIpc) is 1.87. The Morgan fingerprint density at radius 3 is 2.73 bits per heavy atom. The molecule has 2 N–H and O–H groups in total. The van der Waals surface area contributed by atoms with Crippen LogP contribution in [0.25, 0.3) is 0 Å². The van der Waals surface area contributed by atoms with Crippen LogP contribution in [0.15, 0.2) is 12.2 Å². The molecule has 0 bridgehead atoms. The lowest BCUT2D eigenvalue weighted by molar-refractivity contribution is -0.140. The zero-order valence-electron chi connectivity index (χ0n) is 6.36. The van der Waals surface area contributed by atoms with Crippen LogP contribution in [0.4, 0.5) is 0 Å². The monoisotopic (exact) mass is 160 g/mol. The number of ether oxygens (including phenoxy) is 1. The molecule has 0 aromatic heterocycles. The van der Waals surface area contributed by atoms with E-state index in [-0.39, 0.29) is 13.0 Å². The number of hydrogen-bond donors (Lipinski definition) is 2. The van der Waals surface area contributed by atoms with E-state index >= 15 is 0 Å². The highest BCUT2D eigenvalue weighted by Gasteiger charge is 1.99. The molecule has 0 radical (unpaired) electrons. The Bertz CT molecular complexity index is 139. The number of hydrogen-bond acceptors (Lipinski definition) is 4. The zero-order valence-corrected chi connectivity index (χ0v) is 6.36. The minimum absolute atomic E-state index is 0.0286. The van der Waals surface area contributed by atoms with Crippen LogP contribution in [-0.4, -0.2) is 29.1 Å². The summed E-state index contributed by atoms with van der Waals surface area (Å²) in [4.78, 5) is 10.6. The molecule has 0 saturated heterocycles. The normalized spacial score (nSPS) is 10.9. The second-order valence-electron chi connectivity index (χ2n) is 1.94. The zero-order chi connectivity index (χ0) is 8.69. The van der Waals surface area contributed by atoms with Gasteiger partial charge in [-0.25, -0.2) is 4.79 Å². The molecule has 0 heterocycles. The summed E-state index contributed by atoms with van der Waals surface area (Å²) >= 11 is 0. The summed E-state index contributed by atoms with van der Waals surface area (Å²) in [7, 11) is 0. The highest BCUT2D eigenvalue weighted by Crippen LogP contribution is 1.88. The van der Waals surface area contributed by atoms with E-state index < -0.39 is 12.3 Å². The van der Waals surface area contributed by atoms with Gasteiger partial charge in [0, 0.05) is 12.5 Å². The Morgan fingerprint density at radius 1 is 1.64 bits per heavy atom. The largest absolute Gasteiger partial charge is 0.462 e. The van der Waals surface area contributed by atoms with Crippen molar-refractivity contribution in [2.45, 2.75) is 19.6 Å². The van der Waals surface area contributed by atoms with Gasteiger partial charge in [0.15, 0.2) is 6.29 Å². The number of carbonyl (C=O) groups excluding carboxylic acids is 1. The number of rotatable bonds is 4. The van der Waals surface area contributed by atoms with Gasteiger partial charge < -0.3 is 14.9 Å². The fourth-order valence-electron chi connectivity index (χ4n) is 0.449. The Hall–Kier alpha value is -0.870. The summed E-state index contributed by atoms with van der Waals surface area (Å²) in [6, 6.07) is 0. The second-order valence-corrected chi connectivity index (χ2v) is 1.94. The second kappa shape index (κ2) is 5.88. The summed E-state index contributed by atoms with van der Waals surface area (Å²) in [5.74, 6) is -0.465. The lowest BCUT2D eigenvalue weighted by Crippen LogP contribution is -2.11. The topological polar surface area (TPSA) is 66.8 Å². The van der Waals surface area contributed by atoms with E-state index in [9.17, 15) is 4.79 Å². The molecule has 0 aliphatic heterocycles. The van der Waals surface area contributed by atoms with E-state index in [4.69, 9.17) is 10.2 Å². The van der Waals surface area contributed by atoms with Gasteiger partial charge in [-0.2, -0.15) is 0 Å². The Labute approximate surface area is 65.1 Å². The van der Waals surface area contributed by atoms with Crippen LogP contribution in [-0.2, 0) is 9.53 Å². The van der Waals surface area contributed by atoms with Crippen molar-refractivity contribution in [1.82, 2.24) is 0 Å². The summed E-state index contributed by atoms with van der Waals surface area (Å²) in [6.45, 7) is 1.73. The molecule has 4 heteroatoms. The van der Waals surface area contributed by atoms with Gasteiger partial charge in [-0.1, -0.05) is 6.08 Å². The molecule has 0 atom stereocenters. The molecule has 11 heavy (non-hydrogen) atoms. The third-order valence-electron chi connectivity index (χ3n) is 0.923. The fraction of sp³-hybridized carbons (Fsp3) is 0.571. The van der Waals surface area contributed by atoms with Crippen molar-refractivity contribution in [3.05, 3.63) is 12.2 Å². The van der Waals surface area contributed by atoms with Crippen LogP contribution in [0.5, 0.6) is 0 Å². The Morgan fingerprint density at radius 2 is 2.27 bits per heavy atom. The fourth-order valence-corrected chi connectivity index (χ4v) is 0.449. The average molecular weight is 160 g/mol. The molecule has 64 valence electrons. The maximum atomic E-state index is 10.6. The molecule has 0 aromatic carbocycles. The highest BCUT2D eigenvalue weighted by molar-refractivity contribution is 5.81. The molecule has 0 saturated carbocycles. The van der Waals surface area contributed by atoms with E-state index in [0.717, 1.165) is 0 Å². The summed E-state index contributed by atoms with van der Waals surface area (Å²) in [6.07, 6.45) is 1.46. The molecular weight excluding hydrogens is 148 g/mol. The van der Waals surface area contributed by atoms with Gasteiger partial charge >= 0.3 is 5.97 Å². The maximum absolute atomic E-state index is 10.6. The first-order valence-corrected chi connectivity index (χ1v) is 3.32. The number of allylic oxidation sites excluding steroid dienone is 1. The third-order valence-corrected chi connectivity index (χ3v) is 0.923. The van der Waals surface area contributed by atoms with Gasteiger partial charge in [0.2, 0.25) is 0 Å². The maximum Gasteiger partial charge on any atom is 0.330 e. The molecule has 0 fully saturated rings. The Balaban J connectivity index is 3.32. The van der Waals surface area contributed by atoms with Gasteiger partial charge in [0.05, 0.1) is 6.61 Å². The van der Waals surface area contributed by atoms with Crippen molar-refractivity contribution in [3.63, 3.8) is 0 Å². The number of aliphatic hydroxyl groups excluding tert-OH is 1. The van der Waals surface area contributed by atoms with Crippen LogP contribution in [0, 0.1) is 0 Å². The van der Waals surface area contributed by atoms with Crippen molar-refractivity contribution >= 4 is 5.97 Å². The summed E-state index contributed by atoms with van der Waals surface area (Å²) in [5.41, 5.74) is 0. The summed E-state index contributed by atoms with van der Waals surface area (Å²) < 4.78 is 4.55. The van der Waals surface area contributed by atoms with E-state index in [1.165, 1.54) is 6.08 Å². The first kappa shape index (κ1) is 10.1. The predicted molar refractivity (Wildman–Crippen MR) is 38.6 cm³/mol. The van der Waals surface area contributed by atoms with Gasteiger partial charge in [0.25, 0.3) is 0 Å². The van der Waals surface area contributed by atoms with Crippen LogP contribution >= 0.6 is 0 Å². The summed E-state index contributed by atoms with van der Waals surface area (Å²) in [5, 5.41) is 16.7. The van der Waals surface area contributed by atoms with Gasteiger partial charge in [-0.3, -0.25) is 0 Å². The van der Waals surface area contributed by atoms with Gasteiger partial charge in [-0.05, 0) is 6.92 Å². The van der Waals surface area contributed by atoms with Gasteiger partial charge in [0.1, 0.15) is 0 Å². The lowest BCUT2D eigenvalue weighted by Gasteiger charge is -2.02. The van der Waals surface area contributed by atoms with Crippen molar-refractivity contribution in [2.24, 2.45) is 0 Å². The molecule has 0 spiro atoms. The van der Waals surface area contributed by atoms with E-state index in [0.29, 0.717) is 0 Å². The van der Waals surface area contributed by atoms with Crippen molar-refractivity contribution in [3.8, 4) is 0 Å². The van der Waals surface area contributed by atoms with Crippen LogP contribution in [0.2, 0.25) is 0 Å². The molecule has 0 aromatic rings. The molecule has 0 aliphatic rings. The number of carbonyl (C=O) groups is 1. The number of esters is 1. The molecule has 0 amide bonds. The predicted octanol–water partition coefficient (Wildman–Crippen LogP) is -0.194. The standard InChI is InChI=1S/C7H12O4/c1-2-3-7(10)11-5-4-6(8)9/h2-3,6,8-9H,4-5H2,1H3. The van der Waals surface area contributed by atoms with Gasteiger partial charge in [-0.15, -0.1) is 0 Å². The van der Waals surface area contributed by atoms with Crippen LogP contribution in [0.3, 0.4) is 0 Å². The Kier molecular flexibility index (Phi) is 5.42. The van der Waals surface area contributed by atoms with Crippen molar-refractivity contribution in [1.29, 1.82) is 0 Å². The van der Waals surface area contributed by atoms with E-state index in [1.54, 1.807) is 13.0 Å². The lowest BCUT2D eigenvalue weighted by atomic mass is 10.4. The molecular formula is C7H12O4. The third kappa shape index (κ3) is 7.02. The molecule has 0 unspecified atom stereocenters. The smallest absolute Gasteiger partial charge is 0.330 e. The minimum atomic E-state index is -1.41. The molecule has 0 rings (SSSR count). The number of aliphatic hydroxyl groups is 2. The van der Waals surface area contributed by atoms with E-state index in [1.807, 2.05) is 0 Å². The van der Waals surface area contributed by atoms with Crippen LogP contribution < -0.4 is 0 Å². The quantitative estimate of drug-likeness (QED) is 0.340. The molecule has 0 aliphatic carbocycles. The first-order valence-electron chi connectivity index (χ1n) is 3.32. The molecule has 4 nitrogen and oxygen atoms in total. The SMILES string of the molecule is CC=CC(=O)OCCC(O)O.